The highest BCUT2D eigenvalue weighted by Gasteiger charge is 2.10. The van der Waals surface area contributed by atoms with E-state index >= 15 is 0 Å². The van der Waals surface area contributed by atoms with Gasteiger partial charge in [-0.3, -0.25) is 9.69 Å². The second-order valence-electron chi connectivity index (χ2n) is 5.53. The van der Waals surface area contributed by atoms with Gasteiger partial charge in [0.1, 0.15) is 11.6 Å². The molecule has 0 aliphatic carbocycles. The van der Waals surface area contributed by atoms with Crippen LogP contribution in [0.5, 0.6) is 0 Å². The van der Waals surface area contributed by atoms with Crippen LogP contribution in [0.2, 0.25) is 0 Å². The minimum atomic E-state index is -0.322. The normalized spacial score (nSPS) is 16.0. The number of nitriles is 1. The fraction of sp³-hybridized carbons (Fsp3) is 0.368. The molecule has 1 heterocycles. The van der Waals surface area contributed by atoms with E-state index in [4.69, 9.17) is 10.00 Å². The van der Waals surface area contributed by atoms with Crippen molar-refractivity contribution in [3.63, 3.8) is 0 Å². The summed E-state index contributed by atoms with van der Waals surface area (Å²) in [5.41, 5.74) is 1.14. The number of rotatable bonds is 7. The summed E-state index contributed by atoms with van der Waals surface area (Å²) in [5, 5.41) is 11.9. The number of ether oxygens (including phenoxy) is 1. The topological polar surface area (TPSA) is 65.4 Å². The quantitative estimate of drug-likeness (QED) is 0.360. The van der Waals surface area contributed by atoms with Crippen LogP contribution in [-0.2, 0) is 9.53 Å². The Balaban J connectivity index is 1.73. The van der Waals surface area contributed by atoms with E-state index in [1.165, 1.54) is 0 Å². The molecule has 1 aromatic rings. The van der Waals surface area contributed by atoms with Crippen molar-refractivity contribution in [3.05, 3.63) is 53.6 Å². The van der Waals surface area contributed by atoms with Gasteiger partial charge in [-0.05, 0) is 24.6 Å². The van der Waals surface area contributed by atoms with Gasteiger partial charge < -0.3 is 10.1 Å². The Kier molecular flexibility index (Phi) is 7.75. The zero-order valence-electron chi connectivity index (χ0n) is 13.8. The molecule has 1 fully saturated rings. The van der Waals surface area contributed by atoms with Crippen molar-refractivity contribution >= 4 is 12.0 Å². The molecule has 1 saturated heterocycles. The minimum Gasteiger partial charge on any atom is -0.379 e. The Morgan fingerprint density at radius 3 is 2.75 bits per heavy atom. The average molecular weight is 325 g/mol. The third-order valence-electron chi connectivity index (χ3n) is 3.76. The van der Waals surface area contributed by atoms with Gasteiger partial charge in [0, 0.05) is 19.6 Å². The van der Waals surface area contributed by atoms with Crippen LogP contribution in [-0.4, -0.2) is 50.2 Å². The lowest BCUT2D eigenvalue weighted by atomic mass is 10.2. The van der Waals surface area contributed by atoms with Crippen molar-refractivity contribution in [3.8, 4) is 6.07 Å². The van der Waals surface area contributed by atoms with Crippen molar-refractivity contribution < 1.29 is 9.53 Å². The summed E-state index contributed by atoms with van der Waals surface area (Å²) in [6, 6.07) is 11.7. The lowest BCUT2D eigenvalue weighted by Gasteiger charge is -2.26. The number of amides is 1. The largest absolute Gasteiger partial charge is 0.379 e. The van der Waals surface area contributed by atoms with Gasteiger partial charge in [-0.15, -0.1) is 0 Å². The molecular weight excluding hydrogens is 302 g/mol. The fourth-order valence-corrected chi connectivity index (χ4v) is 2.41. The second-order valence-corrected chi connectivity index (χ2v) is 5.53. The van der Waals surface area contributed by atoms with E-state index in [1.54, 1.807) is 12.2 Å². The number of carbonyl (C=O) groups is 1. The number of carbonyl (C=O) groups excluding carboxylic acids is 1. The summed E-state index contributed by atoms with van der Waals surface area (Å²) in [6.45, 7) is 4.95. The molecule has 1 aromatic carbocycles. The van der Waals surface area contributed by atoms with Gasteiger partial charge in [-0.25, -0.2) is 0 Å². The van der Waals surface area contributed by atoms with Gasteiger partial charge in [0.25, 0.3) is 5.91 Å². The highest BCUT2D eigenvalue weighted by molar-refractivity contribution is 5.97. The fourth-order valence-electron chi connectivity index (χ4n) is 2.41. The predicted molar refractivity (Wildman–Crippen MR) is 94.1 cm³/mol. The highest BCUT2D eigenvalue weighted by atomic mass is 16.5. The van der Waals surface area contributed by atoms with Gasteiger partial charge in [-0.2, -0.15) is 5.26 Å². The Morgan fingerprint density at radius 2 is 2.04 bits per heavy atom. The van der Waals surface area contributed by atoms with Crippen LogP contribution in [0.15, 0.2) is 48.1 Å². The van der Waals surface area contributed by atoms with E-state index in [0.29, 0.717) is 6.54 Å². The van der Waals surface area contributed by atoms with E-state index in [0.717, 1.165) is 44.8 Å². The summed E-state index contributed by atoms with van der Waals surface area (Å²) in [6.07, 6.45) is 6.00. The van der Waals surface area contributed by atoms with Crippen LogP contribution in [0, 0.1) is 11.3 Å². The lowest BCUT2D eigenvalue weighted by Crippen LogP contribution is -2.38. The maximum atomic E-state index is 12.0. The Hall–Kier alpha value is -2.42. The van der Waals surface area contributed by atoms with Gasteiger partial charge in [-0.1, -0.05) is 42.5 Å². The standard InChI is InChI=1S/C19H23N3O2/c20-16-18(9-4-8-17-6-2-1-3-7-17)19(23)21-10-5-11-22-12-14-24-15-13-22/h1-4,6-9H,5,10-15H2,(H,21,23)/b8-4+,18-9+. The molecule has 1 aliphatic heterocycles. The Morgan fingerprint density at radius 1 is 1.29 bits per heavy atom. The van der Waals surface area contributed by atoms with Gasteiger partial charge in [0.15, 0.2) is 0 Å². The van der Waals surface area contributed by atoms with Crippen molar-refractivity contribution in [1.82, 2.24) is 10.2 Å². The minimum absolute atomic E-state index is 0.119. The molecule has 0 spiro atoms. The average Bonchev–Trinajstić information content (AvgIpc) is 2.64. The van der Waals surface area contributed by atoms with Gasteiger partial charge in [0.2, 0.25) is 0 Å². The number of nitrogens with zero attached hydrogens (tertiary/aromatic N) is 2. The van der Waals surface area contributed by atoms with Crippen LogP contribution in [0.3, 0.4) is 0 Å². The Bertz CT molecular complexity index is 611. The van der Waals surface area contributed by atoms with Crippen molar-refractivity contribution in [2.24, 2.45) is 0 Å². The molecule has 1 aliphatic rings. The first-order valence-corrected chi connectivity index (χ1v) is 8.21. The lowest BCUT2D eigenvalue weighted by molar-refractivity contribution is -0.117. The smallest absolute Gasteiger partial charge is 0.261 e. The second kappa shape index (κ2) is 10.4. The molecule has 0 unspecified atom stereocenters. The van der Waals surface area contributed by atoms with Crippen molar-refractivity contribution in [2.75, 3.05) is 39.4 Å². The van der Waals surface area contributed by atoms with Gasteiger partial charge >= 0.3 is 0 Å². The molecule has 0 saturated carbocycles. The molecule has 5 nitrogen and oxygen atoms in total. The number of nitrogens with one attached hydrogen (secondary N) is 1. The summed E-state index contributed by atoms with van der Waals surface area (Å²) in [4.78, 5) is 14.3. The molecule has 0 bridgehead atoms. The Labute approximate surface area is 143 Å². The van der Waals surface area contributed by atoms with E-state index in [9.17, 15) is 4.79 Å². The van der Waals surface area contributed by atoms with Gasteiger partial charge in [0.05, 0.1) is 13.2 Å². The van der Waals surface area contributed by atoms with E-state index in [2.05, 4.69) is 10.2 Å². The zero-order valence-corrected chi connectivity index (χ0v) is 13.8. The number of morpholine rings is 1. The molecular formula is C19H23N3O2. The molecule has 126 valence electrons. The van der Waals surface area contributed by atoms with E-state index < -0.39 is 0 Å². The molecule has 2 rings (SSSR count). The van der Waals surface area contributed by atoms with Crippen molar-refractivity contribution in [2.45, 2.75) is 6.42 Å². The highest BCUT2D eigenvalue weighted by Crippen LogP contribution is 2.03. The van der Waals surface area contributed by atoms with E-state index in [-0.39, 0.29) is 11.5 Å². The first-order valence-electron chi connectivity index (χ1n) is 8.21. The summed E-state index contributed by atoms with van der Waals surface area (Å²) >= 11 is 0. The first kappa shape index (κ1) is 17.9. The molecule has 5 heteroatoms. The van der Waals surface area contributed by atoms with Crippen LogP contribution in [0.25, 0.3) is 6.08 Å². The third-order valence-corrected chi connectivity index (χ3v) is 3.76. The molecule has 0 radical (unpaired) electrons. The molecule has 0 atom stereocenters. The maximum Gasteiger partial charge on any atom is 0.261 e. The predicted octanol–water partition coefficient (Wildman–Crippen LogP) is 1.99. The van der Waals surface area contributed by atoms with Crippen LogP contribution < -0.4 is 5.32 Å². The van der Waals surface area contributed by atoms with Crippen molar-refractivity contribution in [1.29, 1.82) is 5.26 Å². The molecule has 1 amide bonds. The number of allylic oxidation sites excluding steroid dienone is 2. The maximum absolute atomic E-state index is 12.0. The zero-order chi connectivity index (χ0) is 17.0. The molecule has 1 N–H and O–H groups in total. The molecule has 0 aromatic heterocycles. The summed E-state index contributed by atoms with van der Waals surface area (Å²) < 4.78 is 5.30. The van der Waals surface area contributed by atoms with Crippen LogP contribution in [0.1, 0.15) is 12.0 Å². The van der Waals surface area contributed by atoms with Crippen LogP contribution >= 0.6 is 0 Å². The molecule has 24 heavy (non-hydrogen) atoms. The van der Waals surface area contributed by atoms with E-state index in [1.807, 2.05) is 42.5 Å². The first-order chi connectivity index (χ1) is 11.8. The number of hydrogen-bond donors (Lipinski definition) is 1. The summed E-state index contributed by atoms with van der Waals surface area (Å²) in [7, 11) is 0. The number of benzene rings is 1. The summed E-state index contributed by atoms with van der Waals surface area (Å²) in [5.74, 6) is -0.322. The monoisotopic (exact) mass is 325 g/mol. The third kappa shape index (κ3) is 6.37. The number of hydrogen-bond acceptors (Lipinski definition) is 4. The SMILES string of the molecule is N#C/C(=C\C=C\c1ccccc1)C(=O)NCCCN1CCOCC1. The van der Waals surface area contributed by atoms with Crippen LogP contribution in [0.4, 0.5) is 0 Å².